The second-order valence-electron chi connectivity index (χ2n) is 9.77. The zero-order chi connectivity index (χ0) is 20.9. The van der Waals surface area contributed by atoms with Crippen molar-refractivity contribution in [2.24, 2.45) is 0 Å². The van der Waals surface area contributed by atoms with Crippen molar-refractivity contribution in [2.45, 2.75) is 76.5 Å². The molecule has 0 nitrogen and oxygen atoms in total. The van der Waals surface area contributed by atoms with Gasteiger partial charge in [0.1, 0.15) is 16.1 Å². The lowest BCUT2D eigenvalue weighted by Crippen LogP contribution is -2.35. The highest BCUT2D eigenvalue weighted by molar-refractivity contribution is 6.93. The molecule has 4 aliphatic rings. The van der Waals surface area contributed by atoms with Crippen LogP contribution in [-0.2, 0) is 0 Å². The summed E-state index contributed by atoms with van der Waals surface area (Å²) in [4.78, 5) is 0. The Balaban J connectivity index is 1.30. The van der Waals surface area contributed by atoms with Gasteiger partial charge in [0.2, 0.25) is 0 Å². The molecule has 30 heavy (non-hydrogen) atoms. The zero-order valence-corrected chi connectivity index (χ0v) is 21.0. The first-order valence-corrected chi connectivity index (χ1v) is 17.5. The van der Waals surface area contributed by atoms with Crippen molar-refractivity contribution in [3.63, 3.8) is 0 Å². The van der Waals surface area contributed by atoms with Crippen molar-refractivity contribution in [1.82, 2.24) is 0 Å². The molecule has 0 aromatic rings. The molecule has 4 rings (SSSR count). The maximum absolute atomic E-state index is 2.61. The summed E-state index contributed by atoms with van der Waals surface area (Å²) in [5.74, 6) is 0. The Kier molecular flexibility index (Phi) is 6.95. The summed E-state index contributed by atoms with van der Waals surface area (Å²) in [5, 5.41) is 6.72. The van der Waals surface area contributed by atoms with E-state index in [1.807, 2.05) is 0 Å². The molecule has 4 aliphatic carbocycles. The topological polar surface area (TPSA) is 0 Å². The first-order chi connectivity index (χ1) is 14.6. The van der Waals surface area contributed by atoms with E-state index in [1.54, 1.807) is 20.8 Å². The molecule has 0 heterocycles. The minimum atomic E-state index is -1.50. The Morgan fingerprint density at radius 1 is 0.500 bits per heavy atom. The summed E-state index contributed by atoms with van der Waals surface area (Å²) >= 11 is 0. The van der Waals surface area contributed by atoms with E-state index < -0.39 is 16.1 Å². The Bertz CT molecular complexity index is 752. The molecule has 0 fully saturated rings. The molecule has 0 radical (unpaired) electrons. The van der Waals surface area contributed by atoms with Gasteiger partial charge < -0.3 is 0 Å². The summed E-state index contributed by atoms with van der Waals surface area (Å²) < 4.78 is 0. The van der Waals surface area contributed by atoms with Gasteiger partial charge in [0.25, 0.3) is 0 Å². The summed E-state index contributed by atoms with van der Waals surface area (Å²) in [6.45, 7) is 5.22. The third kappa shape index (κ3) is 4.50. The Labute approximate surface area is 186 Å². The predicted octanol–water partition coefficient (Wildman–Crippen LogP) is 8.41. The summed E-state index contributed by atoms with van der Waals surface area (Å²) in [5.41, 5.74) is 0. The Morgan fingerprint density at radius 2 is 0.800 bits per heavy atom. The molecule has 0 amide bonds. The van der Waals surface area contributed by atoms with E-state index in [0.29, 0.717) is 0 Å². The molecular formula is C28H38Si2. The second-order valence-corrected chi connectivity index (χ2v) is 18.4. The molecule has 0 N–H and O–H groups in total. The number of hydrogen-bond acceptors (Lipinski definition) is 0. The van der Waals surface area contributed by atoms with Crippen LogP contribution in [0.2, 0.25) is 25.2 Å². The first-order valence-electron chi connectivity index (χ1n) is 12.1. The number of rotatable bonds is 11. The minimum Gasteiger partial charge on any atom is -0.0811 e. The molecule has 0 bridgehead atoms. The average Bonchev–Trinajstić information content (AvgIpc) is 3.57. The van der Waals surface area contributed by atoms with Crippen molar-refractivity contribution < 1.29 is 0 Å². The molecule has 0 aromatic heterocycles. The highest BCUT2D eigenvalue weighted by atomic mass is 28.3. The number of unbranched alkanes of at least 4 members (excludes halogenated alkanes) is 3. The third-order valence-electron chi connectivity index (χ3n) is 7.74. The van der Waals surface area contributed by atoms with E-state index in [1.165, 1.54) is 37.8 Å². The number of allylic oxidation sites excluding steroid dienone is 16. The van der Waals surface area contributed by atoms with Gasteiger partial charge in [0.15, 0.2) is 0 Å². The van der Waals surface area contributed by atoms with E-state index in [9.17, 15) is 0 Å². The van der Waals surface area contributed by atoms with Crippen molar-refractivity contribution in [3.05, 3.63) is 93.7 Å². The van der Waals surface area contributed by atoms with Crippen LogP contribution in [0.4, 0.5) is 0 Å². The first kappa shape index (κ1) is 21.6. The standard InChI is InChI=1S/C28H38Si2/c1-29(25-15-5-6-16-25,26-17-7-8-18-26)23-13-3-4-14-24-30(2,27-19-9-10-20-27)28-21-11-12-22-28/h5,7,9,11,15-22H,3-4,6,8,10,12-14,23-24H2,1-2H3. The molecule has 0 saturated carbocycles. The lowest BCUT2D eigenvalue weighted by Gasteiger charge is -2.30. The fourth-order valence-electron chi connectivity index (χ4n) is 5.69. The highest BCUT2D eigenvalue weighted by Gasteiger charge is 2.35. The van der Waals surface area contributed by atoms with Crippen LogP contribution in [0.25, 0.3) is 0 Å². The maximum Gasteiger partial charge on any atom is 0.114 e. The molecule has 0 aliphatic heterocycles. The number of hydrogen-bond donors (Lipinski definition) is 0. The van der Waals surface area contributed by atoms with Crippen molar-refractivity contribution in [3.8, 4) is 0 Å². The summed E-state index contributed by atoms with van der Waals surface area (Å²) in [7, 11) is -3.00. The van der Waals surface area contributed by atoms with Crippen LogP contribution >= 0.6 is 0 Å². The fourth-order valence-corrected chi connectivity index (χ4v) is 13.6. The van der Waals surface area contributed by atoms with Crippen molar-refractivity contribution >= 4 is 16.1 Å². The normalized spacial score (nSPS) is 20.2. The van der Waals surface area contributed by atoms with Crippen LogP contribution in [0.5, 0.6) is 0 Å². The maximum atomic E-state index is 2.61. The summed E-state index contributed by atoms with van der Waals surface area (Å²) in [6.07, 6.45) is 39.3. The van der Waals surface area contributed by atoms with Crippen LogP contribution in [0, 0.1) is 0 Å². The SMILES string of the molecule is C[Si](CCCCCC[Si](C)(C1=CCC=C1)C1=CCC=C1)(C1=CCC=C1)C1=CCC=C1. The van der Waals surface area contributed by atoms with Crippen LogP contribution in [-0.4, -0.2) is 16.1 Å². The molecule has 0 spiro atoms. The zero-order valence-electron chi connectivity index (χ0n) is 19.0. The van der Waals surface area contributed by atoms with Gasteiger partial charge in [-0.05, 0) is 37.8 Å². The molecule has 0 unspecified atom stereocenters. The van der Waals surface area contributed by atoms with Gasteiger partial charge in [-0.15, -0.1) is 0 Å². The van der Waals surface area contributed by atoms with Gasteiger partial charge in [-0.25, -0.2) is 0 Å². The van der Waals surface area contributed by atoms with Gasteiger partial charge >= 0.3 is 0 Å². The molecular weight excluding hydrogens is 392 g/mol. The summed E-state index contributed by atoms with van der Waals surface area (Å²) in [6, 6.07) is 2.83. The molecule has 0 atom stereocenters. The van der Waals surface area contributed by atoms with Crippen LogP contribution in [0.3, 0.4) is 0 Å². The monoisotopic (exact) mass is 430 g/mol. The van der Waals surface area contributed by atoms with Crippen molar-refractivity contribution in [1.29, 1.82) is 0 Å². The quantitative estimate of drug-likeness (QED) is 0.228. The van der Waals surface area contributed by atoms with Crippen LogP contribution < -0.4 is 0 Å². The Hall–Kier alpha value is -1.65. The van der Waals surface area contributed by atoms with Crippen LogP contribution in [0.1, 0.15) is 51.4 Å². The fraction of sp³-hybridized carbons (Fsp3) is 0.429. The largest absolute Gasteiger partial charge is 0.114 e. The average molecular weight is 431 g/mol. The van der Waals surface area contributed by atoms with Gasteiger partial charge in [-0.2, -0.15) is 0 Å². The second kappa shape index (κ2) is 9.66. The van der Waals surface area contributed by atoms with Gasteiger partial charge in [-0.3, -0.25) is 0 Å². The van der Waals surface area contributed by atoms with E-state index in [4.69, 9.17) is 0 Å². The Morgan fingerprint density at radius 3 is 1.03 bits per heavy atom. The van der Waals surface area contributed by atoms with E-state index >= 15 is 0 Å². The van der Waals surface area contributed by atoms with E-state index in [0.717, 1.165) is 25.7 Å². The van der Waals surface area contributed by atoms with E-state index in [2.05, 4.69) is 86.0 Å². The van der Waals surface area contributed by atoms with Gasteiger partial charge in [-0.1, -0.05) is 132 Å². The molecule has 0 aromatic carbocycles. The van der Waals surface area contributed by atoms with Gasteiger partial charge in [0, 0.05) is 0 Å². The predicted molar refractivity (Wildman–Crippen MR) is 139 cm³/mol. The van der Waals surface area contributed by atoms with Crippen LogP contribution in [0.15, 0.2) is 93.7 Å². The van der Waals surface area contributed by atoms with E-state index in [-0.39, 0.29) is 0 Å². The van der Waals surface area contributed by atoms with Gasteiger partial charge in [0.05, 0.1) is 0 Å². The smallest absolute Gasteiger partial charge is 0.0811 e. The molecule has 2 heteroatoms. The minimum absolute atomic E-state index is 1.15. The lowest BCUT2D eigenvalue weighted by atomic mass is 10.2. The lowest BCUT2D eigenvalue weighted by molar-refractivity contribution is 0.693. The molecule has 158 valence electrons. The third-order valence-corrected chi connectivity index (χ3v) is 17.0. The highest BCUT2D eigenvalue weighted by Crippen LogP contribution is 2.38. The molecule has 0 saturated heterocycles. The van der Waals surface area contributed by atoms with Crippen molar-refractivity contribution in [2.75, 3.05) is 0 Å².